The molecule has 2 rings (SSSR count). The van der Waals surface area contributed by atoms with Crippen LogP contribution in [0.1, 0.15) is 70.3 Å². The molecule has 1 saturated carbocycles. The van der Waals surface area contributed by atoms with E-state index >= 15 is 0 Å². The van der Waals surface area contributed by atoms with E-state index in [9.17, 15) is 9.18 Å². The van der Waals surface area contributed by atoms with Crippen LogP contribution in [0, 0.1) is 11.2 Å². The van der Waals surface area contributed by atoms with Gasteiger partial charge < -0.3 is 5.11 Å². The Morgan fingerprint density at radius 1 is 1.18 bits per heavy atom. The Hall–Kier alpha value is -2.16. The summed E-state index contributed by atoms with van der Waals surface area (Å²) < 4.78 is 13.7. The number of aliphatic hydroxyl groups excluding tert-OH is 1. The van der Waals surface area contributed by atoms with E-state index in [0.29, 0.717) is 28.3 Å². The minimum absolute atomic E-state index is 0.130. The van der Waals surface area contributed by atoms with Gasteiger partial charge in [0, 0.05) is 42.8 Å². The van der Waals surface area contributed by atoms with Gasteiger partial charge in [0.05, 0.1) is 0 Å². The second kappa shape index (κ2) is 17.3. The molecule has 0 spiro atoms. The first kappa shape index (κ1) is 33.0. The van der Waals surface area contributed by atoms with Gasteiger partial charge in [0.25, 0.3) is 0 Å². The lowest BCUT2D eigenvalue weighted by molar-refractivity contribution is 0.101. The molecule has 1 N–H and O–H groups in total. The van der Waals surface area contributed by atoms with E-state index in [0.717, 1.165) is 12.8 Å². The van der Waals surface area contributed by atoms with Gasteiger partial charge in [-0.1, -0.05) is 62.5 Å². The van der Waals surface area contributed by atoms with Gasteiger partial charge in [-0.05, 0) is 58.0 Å². The van der Waals surface area contributed by atoms with Gasteiger partial charge in [0.15, 0.2) is 5.78 Å². The third-order valence-electron chi connectivity index (χ3n) is 5.37. The number of rotatable bonds is 7. The molecule has 0 aromatic heterocycles. The maximum Gasteiger partial charge on any atom is 0.159 e. The van der Waals surface area contributed by atoms with Crippen molar-refractivity contribution in [2.24, 2.45) is 10.4 Å². The van der Waals surface area contributed by atoms with E-state index in [1.807, 2.05) is 32.9 Å². The average molecular weight is 476 g/mol. The van der Waals surface area contributed by atoms with Crippen LogP contribution in [0.25, 0.3) is 0 Å². The zero-order chi connectivity index (χ0) is 26.2. The highest BCUT2D eigenvalue weighted by molar-refractivity contribution is 7.27. The van der Waals surface area contributed by atoms with Gasteiger partial charge in [0.1, 0.15) is 5.82 Å². The van der Waals surface area contributed by atoms with Crippen LogP contribution in [0.4, 0.5) is 4.39 Å². The zero-order valence-corrected chi connectivity index (χ0v) is 22.9. The molecule has 5 heteroatoms. The van der Waals surface area contributed by atoms with Gasteiger partial charge >= 0.3 is 0 Å². The average Bonchev–Trinajstić information content (AvgIpc) is 3.61. The molecule has 1 unspecified atom stereocenters. The van der Waals surface area contributed by atoms with Crippen LogP contribution >= 0.6 is 9.24 Å². The van der Waals surface area contributed by atoms with Crippen molar-refractivity contribution in [2.75, 3.05) is 14.2 Å². The van der Waals surface area contributed by atoms with Gasteiger partial charge in [-0.3, -0.25) is 9.79 Å². The second-order valence-corrected chi connectivity index (χ2v) is 8.17. The third-order valence-corrected chi connectivity index (χ3v) is 5.88. The highest BCUT2D eigenvalue weighted by Gasteiger charge is 2.44. The van der Waals surface area contributed by atoms with Gasteiger partial charge in [-0.25, -0.2) is 4.39 Å². The van der Waals surface area contributed by atoms with E-state index < -0.39 is 0 Å². The molecule has 0 saturated heterocycles. The Morgan fingerprint density at radius 2 is 1.73 bits per heavy atom. The smallest absolute Gasteiger partial charge is 0.159 e. The fraction of sp³-hybridized carbons (Fsp3) is 0.429. The van der Waals surface area contributed by atoms with Crippen molar-refractivity contribution in [1.29, 1.82) is 0 Å². The topological polar surface area (TPSA) is 49.7 Å². The normalized spacial score (nSPS) is 14.0. The summed E-state index contributed by atoms with van der Waals surface area (Å²) in [5, 5.41) is 7.72. The van der Waals surface area contributed by atoms with Crippen LogP contribution < -0.4 is 5.30 Å². The summed E-state index contributed by atoms with van der Waals surface area (Å²) in [4.78, 5) is 15.1. The van der Waals surface area contributed by atoms with Crippen molar-refractivity contribution in [2.45, 2.75) is 60.8 Å². The van der Waals surface area contributed by atoms with E-state index in [2.05, 4.69) is 47.3 Å². The highest BCUT2D eigenvalue weighted by Crippen LogP contribution is 2.56. The molecule has 33 heavy (non-hydrogen) atoms. The van der Waals surface area contributed by atoms with E-state index in [-0.39, 0.29) is 11.6 Å². The summed E-state index contributed by atoms with van der Waals surface area (Å²) in [5.74, 6) is -0.476. The van der Waals surface area contributed by atoms with Crippen molar-refractivity contribution >= 4 is 26.0 Å². The number of carbonyl (C=O) groups excluding carboxylic acids is 1. The first-order chi connectivity index (χ1) is 15.6. The lowest BCUT2D eigenvalue weighted by Crippen LogP contribution is -2.12. The van der Waals surface area contributed by atoms with Crippen LogP contribution in [0.3, 0.4) is 0 Å². The molecule has 0 heterocycles. The number of aliphatic hydroxyl groups is 1. The Labute approximate surface area is 203 Å². The summed E-state index contributed by atoms with van der Waals surface area (Å²) in [6.45, 7) is 19.3. The number of ketones is 1. The van der Waals surface area contributed by atoms with Crippen LogP contribution in [0.5, 0.6) is 0 Å². The van der Waals surface area contributed by atoms with Crippen molar-refractivity contribution in [3.8, 4) is 0 Å². The predicted molar refractivity (Wildman–Crippen MR) is 148 cm³/mol. The van der Waals surface area contributed by atoms with Crippen molar-refractivity contribution in [3.05, 3.63) is 77.7 Å². The summed E-state index contributed by atoms with van der Waals surface area (Å²) >= 11 is 0. The first-order valence-electron chi connectivity index (χ1n) is 11.2. The lowest BCUT2D eigenvalue weighted by Gasteiger charge is -2.15. The molecule has 1 atom stereocenters. The number of nitrogens with zero attached hydrogens (tertiary/aromatic N) is 1. The van der Waals surface area contributed by atoms with E-state index in [1.165, 1.54) is 37.0 Å². The maximum atomic E-state index is 13.7. The Balaban J connectivity index is 0. The minimum atomic E-state index is -0.347. The number of aliphatic imine (C=N–C) groups is 1. The Bertz CT molecular complexity index is 855. The molecular weight excluding hydrogens is 432 g/mol. The monoisotopic (exact) mass is 475 g/mol. The Morgan fingerprint density at radius 3 is 2.09 bits per heavy atom. The number of benzene rings is 1. The van der Waals surface area contributed by atoms with Crippen LogP contribution in [-0.4, -0.2) is 30.8 Å². The largest absolute Gasteiger partial charge is 0.400 e. The molecular formula is C28H43FNO2P. The van der Waals surface area contributed by atoms with Crippen LogP contribution in [0.15, 0.2) is 65.7 Å². The molecule has 1 aliphatic carbocycles. The van der Waals surface area contributed by atoms with Crippen LogP contribution in [0.2, 0.25) is 0 Å². The van der Waals surface area contributed by atoms with Gasteiger partial charge in [0.2, 0.25) is 0 Å². The molecule has 1 aromatic carbocycles. The SMILES string of the molecule is C=C/C=C\C=C(/C)C1(C(=C)C)CC1.CC.CN=C(C)Cc1c(F)cc(C(C)=O)cc1P.CO. The molecule has 184 valence electrons. The Kier molecular flexibility index (Phi) is 17.3. The minimum Gasteiger partial charge on any atom is -0.400 e. The number of allylic oxidation sites excluding steroid dienone is 6. The number of halogens is 1. The molecule has 1 aliphatic rings. The number of hydrogen-bond donors (Lipinski definition) is 1. The molecule has 1 aromatic rings. The number of hydrogen-bond acceptors (Lipinski definition) is 3. The standard InChI is InChI=1S/C13H18.C12H15FNOP.C2H6.CH4O/c1-5-6-7-8-12(4)13(9-10-13)11(2)3;1-7(14-3)4-10-11(13)5-9(8(2)15)6-12(10)16;2*1-2/h5-8H,1-2,9-10H2,3-4H3;5-6H,4,16H2,1-3H3;1-2H3;2H,1H3/b7-6-,12-8+;;;. The number of Topliss-reactive ketones (excluding diaryl/α,β-unsaturated/α-hetero) is 1. The van der Waals surface area contributed by atoms with Crippen molar-refractivity contribution in [3.63, 3.8) is 0 Å². The van der Waals surface area contributed by atoms with Crippen molar-refractivity contribution < 1.29 is 14.3 Å². The molecule has 0 bridgehead atoms. The quantitative estimate of drug-likeness (QED) is 0.155. The fourth-order valence-corrected chi connectivity index (χ4v) is 3.52. The molecule has 0 amide bonds. The second-order valence-electron chi connectivity index (χ2n) is 7.55. The first-order valence-corrected chi connectivity index (χ1v) is 11.7. The summed E-state index contributed by atoms with van der Waals surface area (Å²) in [6.07, 6.45) is 11.0. The summed E-state index contributed by atoms with van der Waals surface area (Å²) in [6, 6.07) is 2.97. The third kappa shape index (κ3) is 11.0. The molecule has 0 aliphatic heterocycles. The fourth-order valence-electron chi connectivity index (χ4n) is 3.10. The predicted octanol–water partition coefficient (Wildman–Crippen LogP) is 6.83. The molecule has 0 radical (unpaired) electrons. The maximum absolute atomic E-state index is 13.7. The van der Waals surface area contributed by atoms with Crippen LogP contribution in [-0.2, 0) is 6.42 Å². The highest BCUT2D eigenvalue weighted by atomic mass is 31.0. The number of carbonyl (C=O) groups is 1. The van der Waals surface area contributed by atoms with Gasteiger partial charge in [-0.15, -0.1) is 9.24 Å². The van der Waals surface area contributed by atoms with Crippen molar-refractivity contribution in [1.82, 2.24) is 0 Å². The zero-order valence-electron chi connectivity index (χ0n) is 21.8. The lowest BCUT2D eigenvalue weighted by atomic mass is 9.90. The van der Waals surface area contributed by atoms with Gasteiger partial charge in [-0.2, -0.15) is 0 Å². The van der Waals surface area contributed by atoms with E-state index in [4.69, 9.17) is 5.11 Å². The van der Waals surface area contributed by atoms with E-state index in [1.54, 1.807) is 19.2 Å². The summed E-state index contributed by atoms with van der Waals surface area (Å²) in [7, 11) is 5.14. The molecule has 3 nitrogen and oxygen atoms in total. The molecule has 1 fully saturated rings. The summed E-state index contributed by atoms with van der Waals surface area (Å²) in [5.41, 5.74) is 4.91.